The first-order chi connectivity index (χ1) is 10.8. The number of anilines is 2. The Morgan fingerprint density at radius 2 is 1.78 bits per heavy atom. The minimum atomic E-state index is -3.22. The lowest BCUT2D eigenvalue weighted by Crippen LogP contribution is -2.25. The van der Waals surface area contributed by atoms with Crippen LogP contribution in [0.2, 0.25) is 0 Å². The van der Waals surface area contributed by atoms with E-state index in [9.17, 15) is 21.6 Å². The van der Waals surface area contributed by atoms with E-state index in [-0.39, 0.29) is 23.2 Å². The molecule has 2 saturated heterocycles. The predicted molar refractivity (Wildman–Crippen MR) is 87.6 cm³/mol. The van der Waals surface area contributed by atoms with Crippen molar-refractivity contribution in [3.05, 3.63) is 24.3 Å². The third-order valence-electron chi connectivity index (χ3n) is 4.13. The molecule has 2 aliphatic heterocycles. The zero-order valence-electron chi connectivity index (χ0n) is 12.4. The fourth-order valence-electron chi connectivity index (χ4n) is 2.89. The van der Waals surface area contributed by atoms with Gasteiger partial charge in [-0.1, -0.05) is 0 Å². The molecule has 7 nitrogen and oxygen atoms in total. The minimum absolute atomic E-state index is 0.0524. The number of sulfone groups is 1. The highest BCUT2D eigenvalue weighted by atomic mass is 32.2. The average molecular weight is 358 g/mol. The summed E-state index contributed by atoms with van der Waals surface area (Å²) < 4.78 is 47.9. The first-order valence-corrected chi connectivity index (χ1v) is 10.8. The lowest BCUT2D eigenvalue weighted by Gasteiger charge is -2.17. The molecule has 3 rings (SSSR count). The summed E-state index contributed by atoms with van der Waals surface area (Å²) in [5.41, 5.74) is 1.10. The van der Waals surface area contributed by atoms with Crippen molar-refractivity contribution >= 4 is 37.1 Å². The maximum Gasteiger partial charge on any atom is 0.235 e. The van der Waals surface area contributed by atoms with E-state index < -0.39 is 25.8 Å². The SMILES string of the molecule is O=C(Nc1ccc(N2CCCS2(=O)=O)cc1)C1CCS(=O)(=O)C1. The first kappa shape index (κ1) is 16.3. The zero-order chi connectivity index (χ0) is 16.7. The van der Waals surface area contributed by atoms with Gasteiger partial charge in [-0.05, 0) is 37.1 Å². The number of hydrogen-bond acceptors (Lipinski definition) is 5. The Morgan fingerprint density at radius 1 is 1.09 bits per heavy atom. The van der Waals surface area contributed by atoms with Gasteiger partial charge in [-0.3, -0.25) is 9.10 Å². The molecule has 0 saturated carbocycles. The molecule has 9 heteroatoms. The van der Waals surface area contributed by atoms with Gasteiger partial charge >= 0.3 is 0 Å². The van der Waals surface area contributed by atoms with Crippen LogP contribution in [0.15, 0.2) is 24.3 Å². The summed E-state index contributed by atoms with van der Waals surface area (Å²) in [5, 5.41) is 2.69. The quantitative estimate of drug-likeness (QED) is 0.853. The summed E-state index contributed by atoms with van der Waals surface area (Å²) in [5.74, 6) is -0.729. The fourth-order valence-corrected chi connectivity index (χ4v) is 6.19. The van der Waals surface area contributed by atoms with Gasteiger partial charge < -0.3 is 5.32 Å². The maximum absolute atomic E-state index is 12.1. The second-order valence-electron chi connectivity index (χ2n) is 5.88. The predicted octanol–water partition coefficient (Wildman–Crippen LogP) is 0.600. The molecule has 1 aromatic carbocycles. The third kappa shape index (κ3) is 3.50. The molecular formula is C14H18N2O5S2. The number of sulfonamides is 1. The average Bonchev–Trinajstić information content (AvgIpc) is 3.01. The molecule has 23 heavy (non-hydrogen) atoms. The van der Waals surface area contributed by atoms with Gasteiger partial charge in [0.1, 0.15) is 0 Å². The lowest BCUT2D eigenvalue weighted by atomic mass is 10.1. The van der Waals surface area contributed by atoms with E-state index in [1.165, 1.54) is 4.31 Å². The standard InChI is InChI=1S/C14H18N2O5S2/c17-14(11-6-9-22(18,19)10-11)15-12-2-4-13(5-3-12)16-7-1-8-23(16,20)21/h2-5,11H,1,6-10H2,(H,15,17). The van der Waals surface area contributed by atoms with Gasteiger partial charge in [-0.15, -0.1) is 0 Å². The van der Waals surface area contributed by atoms with Crippen LogP contribution in [0.4, 0.5) is 11.4 Å². The molecule has 0 aliphatic carbocycles. The van der Waals surface area contributed by atoms with Gasteiger partial charge in [0.05, 0.1) is 28.9 Å². The van der Waals surface area contributed by atoms with Crippen molar-refractivity contribution in [1.29, 1.82) is 0 Å². The van der Waals surface area contributed by atoms with Crippen molar-refractivity contribution in [2.45, 2.75) is 12.8 Å². The van der Waals surface area contributed by atoms with Crippen molar-refractivity contribution < 1.29 is 21.6 Å². The summed E-state index contributed by atoms with van der Waals surface area (Å²) in [4.78, 5) is 12.1. The molecule has 1 N–H and O–H groups in total. The Kier molecular flexibility index (Phi) is 4.09. The van der Waals surface area contributed by atoms with Crippen LogP contribution in [-0.2, 0) is 24.7 Å². The molecular weight excluding hydrogens is 340 g/mol. The largest absolute Gasteiger partial charge is 0.326 e. The number of carbonyl (C=O) groups excluding carboxylic acids is 1. The second kappa shape index (κ2) is 5.79. The summed E-state index contributed by atoms with van der Waals surface area (Å²) in [6.07, 6.45) is 0.954. The topological polar surface area (TPSA) is 101 Å². The van der Waals surface area contributed by atoms with Crippen molar-refractivity contribution in [1.82, 2.24) is 0 Å². The number of hydrogen-bond donors (Lipinski definition) is 1. The monoisotopic (exact) mass is 358 g/mol. The van der Waals surface area contributed by atoms with Crippen LogP contribution in [0.25, 0.3) is 0 Å². The molecule has 1 unspecified atom stereocenters. The molecule has 1 atom stereocenters. The number of benzene rings is 1. The highest BCUT2D eigenvalue weighted by Gasteiger charge is 2.33. The van der Waals surface area contributed by atoms with Gasteiger partial charge in [0.15, 0.2) is 9.84 Å². The number of amides is 1. The van der Waals surface area contributed by atoms with E-state index in [4.69, 9.17) is 0 Å². The molecule has 1 aromatic rings. The van der Waals surface area contributed by atoms with E-state index in [2.05, 4.69) is 5.32 Å². The van der Waals surface area contributed by atoms with Gasteiger partial charge in [-0.2, -0.15) is 0 Å². The van der Waals surface area contributed by atoms with E-state index in [1.807, 2.05) is 0 Å². The molecule has 2 aliphatic rings. The van der Waals surface area contributed by atoms with Crippen molar-refractivity contribution in [2.75, 3.05) is 33.4 Å². The van der Waals surface area contributed by atoms with Crippen LogP contribution in [0.5, 0.6) is 0 Å². The molecule has 1 amide bonds. The van der Waals surface area contributed by atoms with Crippen LogP contribution in [0, 0.1) is 5.92 Å². The second-order valence-corrected chi connectivity index (χ2v) is 10.1. The van der Waals surface area contributed by atoms with Crippen LogP contribution in [0.3, 0.4) is 0 Å². The van der Waals surface area contributed by atoms with Crippen LogP contribution < -0.4 is 9.62 Å². The maximum atomic E-state index is 12.1. The summed E-state index contributed by atoms with van der Waals surface area (Å²) in [6.45, 7) is 0.466. The number of carbonyl (C=O) groups is 1. The Labute approximate surface area is 135 Å². The summed E-state index contributed by atoms with van der Waals surface area (Å²) >= 11 is 0. The first-order valence-electron chi connectivity index (χ1n) is 7.39. The highest BCUT2D eigenvalue weighted by molar-refractivity contribution is 7.93. The lowest BCUT2D eigenvalue weighted by molar-refractivity contribution is -0.119. The summed E-state index contributed by atoms with van der Waals surface area (Å²) in [7, 11) is -6.32. The van der Waals surface area contributed by atoms with Crippen LogP contribution in [-0.4, -0.2) is 46.5 Å². The van der Waals surface area contributed by atoms with Crippen LogP contribution in [0.1, 0.15) is 12.8 Å². The van der Waals surface area contributed by atoms with Crippen molar-refractivity contribution in [2.24, 2.45) is 5.92 Å². The van der Waals surface area contributed by atoms with E-state index in [1.54, 1.807) is 24.3 Å². The van der Waals surface area contributed by atoms with E-state index in [0.29, 0.717) is 30.8 Å². The Balaban J connectivity index is 1.67. The Morgan fingerprint density at radius 3 is 2.30 bits per heavy atom. The van der Waals surface area contributed by atoms with Gasteiger partial charge in [0.25, 0.3) is 0 Å². The van der Waals surface area contributed by atoms with E-state index >= 15 is 0 Å². The fraction of sp³-hybridized carbons (Fsp3) is 0.500. The van der Waals surface area contributed by atoms with E-state index in [0.717, 1.165) is 0 Å². The normalized spacial score (nSPS) is 25.4. The molecule has 0 bridgehead atoms. The Hall–Kier alpha value is -1.61. The van der Waals surface area contributed by atoms with Crippen molar-refractivity contribution in [3.8, 4) is 0 Å². The highest BCUT2D eigenvalue weighted by Crippen LogP contribution is 2.26. The van der Waals surface area contributed by atoms with Gasteiger partial charge in [0, 0.05) is 12.2 Å². The Bertz CT molecular complexity index is 815. The number of nitrogens with zero attached hydrogens (tertiary/aromatic N) is 1. The molecule has 0 aromatic heterocycles. The van der Waals surface area contributed by atoms with Crippen molar-refractivity contribution in [3.63, 3.8) is 0 Å². The molecule has 0 radical (unpaired) electrons. The van der Waals surface area contributed by atoms with Gasteiger partial charge in [0.2, 0.25) is 15.9 Å². The molecule has 0 spiro atoms. The number of rotatable bonds is 3. The van der Waals surface area contributed by atoms with Crippen LogP contribution >= 0.6 is 0 Å². The number of nitrogens with one attached hydrogen (secondary N) is 1. The van der Waals surface area contributed by atoms with Gasteiger partial charge in [-0.25, -0.2) is 16.8 Å². The zero-order valence-corrected chi connectivity index (χ0v) is 14.1. The molecule has 2 heterocycles. The summed E-state index contributed by atoms with van der Waals surface area (Å²) in [6, 6.07) is 6.54. The minimum Gasteiger partial charge on any atom is -0.326 e. The smallest absolute Gasteiger partial charge is 0.235 e. The third-order valence-corrected chi connectivity index (χ3v) is 7.76. The molecule has 126 valence electrons. The molecule has 2 fully saturated rings.